The second-order valence-corrected chi connectivity index (χ2v) is 7.75. The molecule has 0 aromatic heterocycles. The van der Waals surface area contributed by atoms with Gasteiger partial charge in [-0.1, -0.05) is 18.2 Å². The molecular weight excluding hydrogens is 394 g/mol. The van der Waals surface area contributed by atoms with Crippen molar-refractivity contribution in [1.82, 2.24) is 5.32 Å². The zero-order valence-corrected chi connectivity index (χ0v) is 17.9. The predicted octanol–water partition coefficient (Wildman–Crippen LogP) is 3.28. The fraction of sp³-hybridized carbons (Fsp3) is 0.375. The number of para-hydroxylation sites is 2. The zero-order chi connectivity index (χ0) is 21.8. The number of hydrogen-bond donors (Lipinski definition) is 1. The first-order valence-corrected chi connectivity index (χ1v) is 10.6. The van der Waals surface area contributed by atoms with E-state index < -0.39 is 0 Å². The second-order valence-electron chi connectivity index (χ2n) is 7.75. The lowest BCUT2D eigenvalue weighted by Gasteiger charge is -2.24. The van der Waals surface area contributed by atoms with Crippen molar-refractivity contribution < 1.29 is 19.1 Å². The number of methoxy groups -OCH3 is 2. The summed E-state index contributed by atoms with van der Waals surface area (Å²) in [4.78, 5) is 32.2. The van der Waals surface area contributed by atoms with Crippen molar-refractivity contribution in [3.63, 3.8) is 0 Å². The summed E-state index contributed by atoms with van der Waals surface area (Å²) in [5.74, 6) is 0.890. The Morgan fingerprint density at radius 1 is 1.16 bits per heavy atom. The number of anilines is 1. The summed E-state index contributed by atoms with van der Waals surface area (Å²) in [7, 11) is 3.19. The minimum atomic E-state index is -0.216. The van der Waals surface area contributed by atoms with Crippen LogP contribution >= 0.6 is 0 Å². The van der Waals surface area contributed by atoms with Crippen LogP contribution in [0, 0.1) is 5.92 Å². The summed E-state index contributed by atoms with van der Waals surface area (Å²) < 4.78 is 10.6. The Morgan fingerprint density at radius 2 is 1.97 bits per heavy atom. The maximum Gasteiger partial charge on any atom is 0.240 e. The van der Waals surface area contributed by atoms with Crippen molar-refractivity contribution in [3.05, 3.63) is 48.0 Å². The number of carbonyl (C=O) groups excluding carboxylic acids is 2. The van der Waals surface area contributed by atoms with Gasteiger partial charge < -0.3 is 19.7 Å². The van der Waals surface area contributed by atoms with E-state index in [2.05, 4.69) is 5.32 Å². The lowest BCUT2D eigenvalue weighted by atomic mass is 10.1. The molecule has 0 unspecified atom stereocenters. The maximum absolute atomic E-state index is 13.2. The standard InChI is InChI=1S/C24H27N3O4/c1-30-21-11-10-16(14-22(21)31-2)12-13-25-23(28)15-27-20-9-4-3-7-19(20)26-18-8-5-6-17(18)24(27)29/h3-4,7,9-11,14,17H,5-6,8,12-13,15H2,1-2H3,(H,25,28)/t17-/m1/s1. The Morgan fingerprint density at radius 3 is 2.77 bits per heavy atom. The van der Waals surface area contributed by atoms with E-state index in [1.54, 1.807) is 19.1 Å². The summed E-state index contributed by atoms with van der Waals surface area (Å²) >= 11 is 0. The van der Waals surface area contributed by atoms with Gasteiger partial charge in [0.25, 0.3) is 0 Å². The third-order valence-electron chi connectivity index (χ3n) is 5.81. The first-order valence-electron chi connectivity index (χ1n) is 10.6. The Balaban J connectivity index is 1.41. The normalized spacial score (nSPS) is 17.4. The van der Waals surface area contributed by atoms with Crippen molar-refractivity contribution in [2.45, 2.75) is 25.7 Å². The molecule has 1 heterocycles. The molecule has 1 fully saturated rings. The Kier molecular flexibility index (Phi) is 6.21. The number of carbonyl (C=O) groups is 2. The summed E-state index contributed by atoms with van der Waals surface area (Å²) in [5, 5.41) is 2.93. The minimum Gasteiger partial charge on any atom is -0.493 e. The molecule has 31 heavy (non-hydrogen) atoms. The van der Waals surface area contributed by atoms with Gasteiger partial charge in [-0.05, 0) is 55.5 Å². The molecule has 0 saturated heterocycles. The summed E-state index contributed by atoms with van der Waals surface area (Å²) in [6.07, 6.45) is 3.24. The highest BCUT2D eigenvalue weighted by Gasteiger charge is 2.36. The highest BCUT2D eigenvalue weighted by molar-refractivity contribution is 6.16. The van der Waals surface area contributed by atoms with E-state index in [0.29, 0.717) is 30.2 Å². The topological polar surface area (TPSA) is 80.2 Å². The summed E-state index contributed by atoms with van der Waals surface area (Å²) in [5.41, 5.74) is 3.42. The smallest absolute Gasteiger partial charge is 0.240 e. The molecule has 1 atom stereocenters. The van der Waals surface area contributed by atoms with E-state index in [-0.39, 0.29) is 24.3 Å². The molecule has 2 amide bonds. The van der Waals surface area contributed by atoms with Gasteiger partial charge in [-0.25, -0.2) is 0 Å². The summed E-state index contributed by atoms with van der Waals surface area (Å²) in [6, 6.07) is 13.2. The molecule has 1 saturated carbocycles. The number of nitrogens with zero attached hydrogens (tertiary/aromatic N) is 2. The van der Waals surface area contributed by atoms with Crippen LogP contribution in [0.1, 0.15) is 24.8 Å². The largest absolute Gasteiger partial charge is 0.493 e. The van der Waals surface area contributed by atoms with Gasteiger partial charge in [0.2, 0.25) is 11.8 Å². The number of nitrogens with one attached hydrogen (secondary N) is 1. The number of ether oxygens (including phenoxy) is 2. The van der Waals surface area contributed by atoms with Crippen LogP contribution in [-0.4, -0.2) is 44.8 Å². The fourth-order valence-corrected chi connectivity index (χ4v) is 4.22. The lowest BCUT2D eigenvalue weighted by Crippen LogP contribution is -2.44. The highest BCUT2D eigenvalue weighted by atomic mass is 16.5. The molecule has 0 radical (unpaired) electrons. The Labute approximate surface area is 182 Å². The molecule has 2 aromatic carbocycles. The fourth-order valence-electron chi connectivity index (χ4n) is 4.22. The van der Waals surface area contributed by atoms with Crippen LogP contribution in [0.4, 0.5) is 11.4 Å². The van der Waals surface area contributed by atoms with Crippen LogP contribution in [0.5, 0.6) is 11.5 Å². The molecule has 7 nitrogen and oxygen atoms in total. The number of hydrogen-bond acceptors (Lipinski definition) is 5. The zero-order valence-electron chi connectivity index (χ0n) is 17.9. The highest BCUT2D eigenvalue weighted by Crippen LogP contribution is 2.37. The van der Waals surface area contributed by atoms with Crippen LogP contribution in [0.2, 0.25) is 0 Å². The van der Waals surface area contributed by atoms with Gasteiger partial charge >= 0.3 is 0 Å². The van der Waals surface area contributed by atoms with E-state index in [0.717, 1.165) is 36.2 Å². The van der Waals surface area contributed by atoms with Gasteiger partial charge in [0.05, 0.1) is 31.5 Å². The van der Waals surface area contributed by atoms with Crippen molar-refractivity contribution >= 4 is 28.9 Å². The minimum absolute atomic E-state index is 0.0128. The van der Waals surface area contributed by atoms with Gasteiger partial charge in [-0.2, -0.15) is 0 Å². The molecule has 1 N–H and O–H groups in total. The number of benzene rings is 2. The third-order valence-corrected chi connectivity index (χ3v) is 5.81. The van der Waals surface area contributed by atoms with E-state index in [4.69, 9.17) is 14.5 Å². The lowest BCUT2D eigenvalue weighted by molar-refractivity contribution is -0.124. The maximum atomic E-state index is 13.2. The summed E-state index contributed by atoms with van der Waals surface area (Å²) in [6.45, 7) is 0.449. The second kappa shape index (κ2) is 9.20. The van der Waals surface area contributed by atoms with Crippen molar-refractivity contribution in [3.8, 4) is 11.5 Å². The molecule has 0 bridgehead atoms. The van der Waals surface area contributed by atoms with Gasteiger partial charge in [0.15, 0.2) is 11.5 Å². The molecule has 1 aliphatic carbocycles. The average molecular weight is 421 g/mol. The monoisotopic (exact) mass is 421 g/mol. The molecular formula is C24H27N3O4. The van der Waals surface area contributed by atoms with E-state index >= 15 is 0 Å². The molecule has 2 aromatic rings. The van der Waals surface area contributed by atoms with Gasteiger partial charge in [0.1, 0.15) is 6.54 Å². The number of rotatable bonds is 7. The number of fused-ring (bicyclic) bond motifs is 2. The van der Waals surface area contributed by atoms with E-state index in [1.807, 2.05) is 42.5 Å². The van der Waals surface area contributed by atoms with Crippen LogP contribution in [0.3, 0.4) is 0 Å². The number of aliphatic imine (C=N–C) groups is 1. The molecule has 162 valence electrons. The Hall–Kier alpha value is -3.35. The van der Waals surface area contributed by atoms with E-state index in [9.17, 15) is 9.59 Å². The number of amides is 2. The van der Waals surface area contributed by atoms with Crippen LogP contribution in [0.25, 0.3) is 0 Å². The van der Waals surface area contributed by atoms with Crippen molar-refractivity contribution in [1.29, 1.82) is 0 Å². The van der Waals surface area contributed by atoms with Crippen molar-refractivity contribution in [2.75, 3.05) is 32.2 Å². The van der Waals surface area contributed by atoms with Gasteiger partial charge in [-0.3, -0.25) is 14.6 Å². The molecule has 0 spiro atoms. The molecule has 4 rings (SSSR count). The third kappa shape index (κ3) is 4.40. The quantitative estimate of drug-likeness (QED) is 0.744. The first kappa shape index (κ1) is 20.9. The van der Waals surface area contributed by atoms with Gasteiger partial charge in [-0.15, -0.1) is 0 Å². The molecule has 7 heteroatoms. The van der Waals surface area contributed by atoms with E-state index in [1.165, 1.54) is 0 Å². The first-order chi connectivity index (χ1) is 15.1. The van der Waals surface area contributed by atoms with Crippen LogP contribution in [0.15, 0.2) is 47.5 Å². The molecule has 2 aliphatic rings. The van der Waals surface area contributed by atoms with Crippen LogP contribution in [-0.2, 0) is 16.0 Å². The van der Waals surface area contributed by atoms with Crippen molar-refractivity contribution in [2.24, 2.45) is 10.9 Å². The van der Waals surface area contributed by atoms with Crippen LogP contribution < -0.4 is 19.7 Å². The predicted molar refractivity (Wildman–Crippen MR) is 119 cm³/mol. The Bertz CT molecular complexity index is 1020. The average Bonchev–Trinajstić information content (AvgIpc) is 3.21. The SMILES string of the molecule is COc1ccc(CCNC(=O)CN2C(=O)[C@@H]3CCCC3=Nc3ccccc32)cc1OC. The molecule has 1 aliphatic heterocycles. The van der Waals surface area contributed by atoms with Gasteiger partial charge in [0, 0.05) is 12.3 Å².